The Morgan fingerprint density at radius 3 is 2.59 bits per heavy atom. The number of nitrogens with one attached hydrogen (secondary N) is 1. The van der Waals surface area contributed by atoms with E-state index in [-0.39, 0.29) is 0 Å². The van der Waals surface area contributed by atoms with Gasteiger partial charge in [0.15, 0.2) is 0 Å². The molecule has 0 amide bonds. The Balaban J connectivity index is 2.44. The number of aromatic nitrogens is 4. The zero-order valence-electron chi connectivity index (χ0n) is 14.5. The zero-order chi connectivity index (χ0) is 16.3. The average molecular weight is 408 g/mol. The van der Waals surface area contributed by atoms with Crippen molar-refractivity contribution in [2.45, 2.75) is 54.5 Å². The van der Waals surface area contributed by atoms with E-state index >= 15 is 0 Å². The normalized spacial score (nSPS) is 12.0. The van der Waals surface area contributed by atoms with Crippen LogP contribution < -0.4 is 9.03 Å². The summed E-state index contributed by atoms with van der Waals surface area (Å²) < 4.78 is 3.11. The van der Waals surface area contributed by atoms with E-state index < -0.39 is 18.4 Å². The van der Waals surface area contributed by atoms with Crippen molar-refractivity contribution in [2.75, 3.05) is 5.32 Å². The predicted molar refractivity (Wildman–Crippen MR) is 94.9 cm³/mol. The molecule has 0 atom stereocenters. The second-order valence-electron chi connectivity index (χ2n) is 7.04. The molecular formula is C16H27N5Sn. The van der Waals surface area contributed by atoms with Gasteiger partial charge in [0.05, 0.1) is 0 Å². The van der Waals surface area contributed by atoms with Crippen molar-refractivity contribution in [1.29, 1.82) is 0 Å². The number of hydrogen-bond donors (Lipinski definition) is 1. The van der Waals surface area contributed by atoms with Crippen LogP contribution in [0.25, 0.3) is 5.69 Å². The van der Waals surface area contributed by atoms with Crippen molar-refractivity contribution in [3.8, 4) is 5.69 Å². The average Bonchev–Trinajstić information content (AvgIpc) is 2.86. The van der Waals surface area contributed by atoms with E-state index in [4.69, 9.17) is 4.98 Å². The molecule has 2 heterocycles. The third-order valence-electron chi connectivity index (χ3n) is 3.39. The third kappa shape index (κ3) is 4.21. The van der Waals surface area contributed by atoms with E-state index in [0.29, 0.717) is 6.04 Å². The fourth-order valence-corrected chi connectivity index (χ4v) is 5.19. The maximum absolute atomic E-state index is 4.71. The summed E-state index contributed by atoms with van der Waals surface area (Å²) in [6.45, 7) is 6.44. The van der Waals surface area contributed by atoms with E-state index in [1.165, 1.54) is 3.71 Å². The van der Waals surface area contributed by atoms with E-state index in [1.807, 2.05) is 17.1 Å². The van der Waals surface area contributed by atoms with Crippen LogP contribution in [0.1, 0.15) is 32.9 Å². The van der Waals surface area contributed by atoms with Crippen molar-refractivity contribution in [1.82, 2.24) is 20.0 Å². The predicted octanol–water partition coefficient (Wildman–Crippen LogP) is 2.98. The number of hydrogen-bond acceptors (Lipinski definition) is 4. The number of nitrogens with zero attached hydrogens (tertiary/aromatic N) is 4. The molecule has 0 saturated carbocycles. The van der Waals surface area contributed by atoms with E-state index in [9.17, 15) is 0 Å². The summed E-state index contributed by atoms with van der Waals surface area (Å²) in [6, 6.07) is 2.58. The SMILES string of the molecule is CCCc1cn(-c2cn[c]([Sn]([CH3])([CH3])[CH3])cc2NC(C)C)nn1. The molecule has 0 aliphatic carbocycles. The van der Waals surface area contributed by atoms with Crippen LogP contribution in [0.2, 0.25) is 14.8 Å². The van der Waals surface area contributed by atoms with Gasteiger partial charge in [-0.15, -0.1) is 0 Å². The molecule has 0 saturated heterocycles. The molecule has 120 valence electrons. The van der Waals surface area contributed by atoms with Gasteiger partial charge in [-0.2, -0.15) is 0 Å². The van der Waals surface area contributed by atoms with Crippen molar-refractivity contribution in [3.63, 3.8) is 0 Å². The van der Waals surface area contributed by atoms with Crippen LogP contribution in [0.15, 0.2) is 18.5 Å². The van der Waals surface area contributed by atoms with Crippen LogP contribution in [0.4, 0.5) is 5.69 Å². The van der Waals surface area contributed by atoms with Crippen LogP contribution >= 0.6 is 0 Å². The first kappa shape index (κ1) is 17.2. The van der Waals surface area contributed by atoms with Gasteiger partial charge in [0.1, 0.15) is 0 Å². The molecule has 2 aromatic rings. The zero-order valence-corrected chi connectivity index (χ0v) is 17.4. The minimum absolute atomic E-state index is 0.364. The van der Waals surface area contributed by atoms with Crippen LogP contribution in [0.5, 0.6) is 0 Å². The standard InChI is InChI=1S/C13H18N5.3CH3.Sn/c1-4-5-11-9-18(17-16-11)13-8-14-7-6-12(13)15-10(2)3;;;;/h6,8-10H,4-5H2,1-3H3,(H,14,15);3*1H3;. The van der Waals surface area contributed by atoms with E-state index in [2.05, 4.69) is 57.3 Å². The Morgan fingerprint density at radius 1 is 1.27 bits per heavy atom. The topological polar surface area (TPSA) is 55.6 Å². The van der Waals surface area contributed by atoms with Gasteiger partial charge < -0.3 is 0 Å². The molecule has 0 aromatic carbocycles. The number of anilines is 1. The monoisotopic (exact) mass is 409 g/mol. The van der Waals surface area contributed by atoms with Gasteiger partial charge in [-0.05, 0) is 0 Å². The second-order valence-corrected chi connectivity index (χ2v) is 21.3. The molecule has 22 heavy (non-hydrogen) atoms. The molecule has 2 rings (SSSR count). The summed E-state index contributed by atoms with van der Waals surface area (Å²) in [7, 11) is 0. The molecule has 5 nitrogen and oxygen atoms in total. The summed E-state index contributed by atoms with van der Waals surface area (Å²) in [6.07, 6.45) is 5.97. The van der Waals surface area contributed by atoms with Gasteiger partial charge in [0, 0.05) is 0 Å². The molecule has 0 radical (unpaired) electrons. The quantitative estimate of drug-likeness (QED) is 0.748. The van der Waals surface area contributed by atoms with Gasteiger partial charge in [-0.3, -0.25) is 0 Å². The van der Waals surface area contributed by atoms with Crippen LogP contribution in [-0.2, 0) is 6.42 Å². The van der Waals surface area contributed by atoms with Crippen LogP contribution in [0, 0.1) is 0 Å². The fraction of sp³-hybridized carbons (Fsp3) is 0.562. The summed E-state index contributed by atoms with van der Waals surface area (Å²) >= 11 is -2.19. The molecule has 2 aromatic heterocycles. The van der Waals surface area contributed by atoms with Crippen LogP contribution in [0.3, 0.4) is 0 Å². The van der Waals surface area contributed by atoms with Crippen molar-refractivity contribution >= 4 is 27.8 Å². The Bertz CT molecular complexity index is 628. The van der Waals surface area contributed by atoms with Gasteiger partial charge in [0.2, 0.25) is 0 Å². The molecule has 6 heteroatoms. The molecular weight excluding hydrogens is 381 g/mol. The first-order valence-corrected chi connectivity index (χ1v) is 18.0. The molecule has 1 N–H and O–H groups in total. The third-order valence-corrected chi connectivity index (χ3v) is 8.56. The number of pyridine rings is 1. The first-order valence-electron chi connectivity index (χ1n) is 8.00. The maximum atomic E-state index is 4.71. The van der Waals surface area contributed by atoms with Gasteiger partial charge >= 0.3 is 137 Å². The Morgan fingerprint density at radius 2 is 2.00 bits per heavy atom. The van der Waals surface area contributed by atoms with Gasteiger partial charge in [-0.25, -0.2) is 0 Å². The molecule has 0 spiro atoms. The van der Waals surface area contributed by atoms with E-state index in [1.54, 1.807) is 0 Å². The summed E-state index contributed by atoms with van der Waals surface area (Å²) in [5.41, 5.74) is 3.10. The second kappa shape index (κ2) is 6.98. The number of aryl methyl sites for hydroxylation is 1. The van der Waals surface area contributed by atoms with Gasteiger partial charge in [0.25, 0.3) is 0 Å². The molecule has 0 bridgehead atoms. The van der Waals surface area contributed by atoms with Crippen LogP contribution in [-0.4, -0.2) is 44.4 Å². The first-order chi connectivity index (χ1) is 10.3. The van der Waals surface area contributed by atoms with Crippen molar-refractivity contribution in [2.24, 2.45) is 0 Å². The summed E-state index contributed by atoms with van der Waals surface area (Å²) in [5, 5.41) is 12.0. The number of rotatable bonds is 6. The van der Waals surface area contributed by atoms with Crippen molar-refractivity contribution < 1.29 is 0 Å². The molecule has 0 fully saturated rings. The van der Waals surface area contributed by atoms with E-state index in [0.717, 1.165) is 29.9 Å². The van der Waals surface area contributed by atoms with Crippen molar-refractivity contribution in [3.05, 3.63) is 24.2 Å². The Hall–Kier alpha value is -1.11. The molecule has 0 aliphatic heterocycles. The Kier molecular flexibility index (Phi) is 5.47. The summed E-state index contributed by atoms with van der Waals surface area (Å²) in [4.78, 5) is 11.9. The Labute approximate surface area is 137 Å². The summed E-state index contributed by atoms with van der Waals surface area (Å²) in [5.74, 6) is 0. The molecule has 0 unspecified atom stereocenters. The minimum atomic E-state index is -2.19. The van der Waals surface area contributed by atoms with Gasteiger partial charge in [-0.1, -0.05) is 0 Å². The molecule has 0 aliphatic rings. The fourth-order valence-electron chi connectivity index (χ4n) is 2.25.